The number of carbonyl (C=O) groups excluding carboxylic acids is 8. The number of carbonyl (C=O) groups is 8. The Morgan fingerprint density at radius 2 is 1.46 bits per heavy atom. The van der Waals surface area contributed by atoms with Crippen LogP contribution in [0.2, 0.25) is 0 Å². The van der Waals surface area contributed by atoms with Gasteiger partial charge in [0.05, 0.1) is 18.3 Å². The van der Waals surface area contributed by atoms with Gasteiger partial charge in [-0.15, -0.1) is 0 Å². The molecule has 0 bridgehead atoms. The first-order valence-electron chi connectivity index (χ1n) is 24.3. The SMILES string of the molecule is CC(=O)N1CCC[C@H]1C(=O)N[C@@H](CCCN)C(=O)NCC(=O)N[C@@H](CCc1ccccc1)C(=O)N[C@@H](CC(C)C)C(=O)NNC(=O)c1ccc(CNC(=O)c2ccc(NN=Cc3ccccc3S(=O)(=O)O)nc2)cc1.N. The summed E-state index contributed by atoms with van der Waals surface area (Å²) in [5.74, 6) is -4.47. The molecule has 24 nitrogen and oxygen atoms in total. The molecule has 25 heteroatoms. The van der Waals surface area contributed by atoms with Gasteiger partial charge in [0.1, 0.15) is 34.9 Å². The van der Waals surface area contributed by atoms with Gasteiger partial charge >= 0.3 is 0 Å². The molecule has 2 heterocycles. The second-order valence-corrected chi connectivity index (χ2v) is 19.4. The third-order valence-electron chi connectivity index (χ3n) is 11.8. The zero-order valence-corrected chi connectivity index (χ0v) is 43.4. The molecule has 5 rings (SSSR count). The Hall–Kier alpha value is -8.13. The predicted octanol–water partition coefficient (Wildman–Crippen LogP) is 1.63. The van der Waals surface area contributed by atoms with Gasteiger partial charge in [0.25, 0.3) is 27.8 Å². The molecule has 1 aliphatic heterocycles. The van der Waals surface area contributed by atoms with Crippen molar-refractivity contribution in [1.29, 1.82) is 0 Å². The second-order valence-electron chi connectivity index (χ2n) is 18.1. The smallest absolute Gasteiger partial charge is 0.295 e. The number of hydrazine groups is 1. The molecule has 3 aromatic carbocycles. The van der Waals surface area contributed by atoms with Crippen LogP contribution in [0.1, 0.15) is 96.7 Å². The van der Waals surface area contributed by atoms with Crippen LogP contribution in [0.4, 0.5) is 5.82 Å². The minimum absolute atomic E-state index is 0. The fourth-order valence-corrected chi connectivity index (χ4v) is 8.60. The van der Waals surface area contributed by atoms with Gasteiger partial charge in [0, 0.05) is 37.3 Å². The molecular weight excluding hydrogens is 1000 g/mol. The van der Waals surface area contributed by atoms with Crippen molar-refractivity contribution in [3.63, 3.8) is 0 Å². The van der Waals surface area contributed by atoms with Gasteiger partial charge in [-0.3, -0.25) is 59.2 Å². The lowest BCUT2D eigenvalue weighted by Gasteiger charge is -2.26. The number of rotatable bonds is 25. The van der Waals surface area contributed by atoms with Crippen molar-refractivity contribution in [2.24, 2.45) is 16.8 Å². The Morgan fingerprint density at radius 3 is 2.12 bits per heavy atom. The highest BCUT2D eigenvalue weighted by molar-refractivity contribution is 7.86. The van der Waals surface area contributed by atoms with Crippen LogP contribution in [-0.4, -0.2) is 120 Å². The number of hydrogen-bond donors (Lipinski definition) is 11. The number of aromatic nitrogens is 1. The summed E-state index contributed by atoms with van der Waals surface area (Å²) in [6.45, 7) is 5.27. The van der Waals surface area contributed by atoms with E-state index in [0.717, 1.165) is 5.56 Å². The monoisotopic (exact) mass is 1070 g/mol. The van der Waals surface area contributed by atoms with Crippen LogP contribution in [-0.2, 0) is 51.9 Å². The molecule has 0 spiro atoms. The van der Waals surface area contributed by atoms with Crippen LogP contribution in [0.3, 0.4) is 0 Å². The van der Waals surface area contributed by atoms with Gasteiger partial charge in [-0.1, -0.05) is 74.5 Å². The number of hydrogen-bond acceptors (Lipinski definition) is 15. The number of nitrogens with zero attached hydrogens (tertiary/aromatic N) is 3. The van der Waals surface area contributed by atoms with Crippen molar-refractivity contribution in [2.75, 3.05) is 25.1 Å². The molecule has 1 fully saturated rings. The molecule has 1 aliphatic rings. The van der Waals surface area contributed by atoms with Crippen LogP contribution < -0.4 is 54.7 Å². The van der Waals surface area contributed by atoms with E-state index in [4.69, 9.17) is 5.73 Å². The number of nitrogens with one attached hydrogen (secondary N) is 8. The van der Waals surface area contributed by atoms with E-state index in [1.54, 1.807) is 18.2 Å². The van der Waals surface area contributed by atoms with Crippen molar-refractivity contribution in [3.05, 3.63) is 125 Å². The number of hydrazone groups is 1. The van der Waals surface area contributed by atoms with Crippen molar-refractivity contribution in [2.45, 2.75) is 101 Å². The Balaban J connectivity index is 0.0000125. The van der Waals surface area contributed by atoms with Gasteiger partial charge < -0.3 is 43.4 Å². The molecule has 408 valence electrons. The lowest BCUT2D eigenvalue weighted by molar-refractivity contribution is -0.138. The molecule has 1 aromatic heterocycles. The second kappa shape index (κ2) is 29.7. The zero-order valence-electron chi connectivity index (χ0n) is 42.5. The maximum atomic E-state index is 13.9. The standard InChI is InChI=1S/C51H64N12O11S.H3N/c1-32(2)27-41(59-49(69)40(23-19-34-11-5-4-6-12-34)57-45(65)31-55-48(68)39(14-9-25-52)58-51(71)42-15-10-26-63(42)33(3)64)50(70)62-61-47(67)36-20-17-35(18-21-36)28-54-46(66)38-22-24-44(53-29-38)60-56-30-37-13-7-8-16-43(37)75(72,73)74;/h4-8,11-13,16-18,20-22,24,29-30,32,39-42H,9-10,14-15,19,23,25-28,31,52H2,1-3H3,(H,53,60)(H,54,66)(H,55,68)(H,57,65)(H,58,71)(H,59,69)(H,61,67)(H,62,70)(H,72,73,74);1H3/t39-,40-,41-,42-;/m0./s1. The summed E-state index contributed by atoms with van der Waals surface area (Å²) in [6, 6.07) is 20.1. The molecule has 0 unspecified atom stereocenters. The number of nitrogens with two attached hydrogens (primary N) is 1. The van der Waals surface area contributed by atoms with Crippen LogP contribution in [0.15, 0.2) is 107 Å². The lowest BCUT2D eigenvalue weighted by Crippen LogP contribution is -2.57. The topological polar surface area (TPSA) is 377 Å². The van der Waals surface area contributed by atoms with Crippen LogP contribution in [0.5, 0.6) is 0 Å². The fraction of sp³-hybridized carbons (Fsp3) is 0.373. The first-order valence-corrected chi connectivity index (χ1v) is 25.7. The maximum Gasteiger partial charge on any atom is 0.295 e. The molecular formula is C51H67N13O11S. The fourth-order valence-electron chi connectivity index (χ4n) is 7.93. The van der Waals surface area contributed by atoms with Gasteiger partial charge in [0.15, 0.2) is 0 Å². The van der Waals surface area contributed by atoms with E-state index in [0.29, 0.717) is 37.8 Å². The molecule has 4 aromatic rings. The first-order chi connectivity index (χ1) is 35.8. The number of amides is 8. The molecule has 4 atom stereocenters. The minimum Gasteiger partial charge on any atom is -0.348 e. The third kappa shape index (κ3) is 19.0. The number of aryl methyl sites for hydroxylation is 1. The zero-order chi connectivity index (χ0) is 54.5. The molecule has 0 saturated carbocycles. The van der Waals surface area contributed by atoms with E-state index < -0.39 is 82.2 Å². The summed E-state index contributed by atoms with van der Waals surface area (Å²) >= 11 is 0. The number of benzene rings is 3. The van der Waals surface area contributed by atoms with E-state index in [1.807, 2.05) is 44.2 Å². The predicted molar refractivity (Wildman–Crippen MR) is 282 cm³/mol. The van der Waals surface area contributed by atoms with Crippen LogP contribution >= 0.6 is 0 Å². The molecule has 14 N–H and O–H groups in total. The summed E-state index contributed by atoms with van der Waals surface area (Å²) in [4.78, 5) is 111. The normalized spacial score (nSPS) is 14.3. The minimum atomic E-state index is -4.46. The van der Waals surface area contributed by atoms with E-state index in [2.05, 4.69) is 52.9 Å². The van der Waals surface area contributed by atoms with E-state index in [9.17, 15) is 51.3 Å². The third-order valence-corrected chi connectivity index (χ3v) is 12.8. The van der Waals surface area contributed by atoms with Crippen molar-refractivity contribution >= 4 is 69.4 Å². The number of likely N-dealkylation sites (tertiary alicyclic amines) is 1. The molecule has 1 saturated heterocycles. The maximum absolute atomic E-state index is 13.9. The van der Waals surface area contributed by atoms with E-state index >= 15 is 0 Å². The Morgan fingerprint density at radius 1 is 0.776 bits per heavy atom. The van der Waals surface area contributed by atoms with E-state index in [1.165, 1.54) is 66.7 Å². The first kappa shape index (κ1) is 60.4. The number of pyridine rings is 1. The summed E-state index contributed by atoms with van der Waals surface area (Å²) in [5, 5.41) is 17.3. The molecule has 8 amide bonds. The highest BCUT2D eigenvalue weighted by atomic mass is 32.2. The Bertz CT molecular complexity index is 2780. The quantitative estimate of drug-likeness (QED) is 0.0255. The largest absolute Gasteiger partial charge is 0.348 e. The number of anilines is 1. The Kier molecular flexibility index (Phi) is 23.6. The van der Waals surface area contributed by atoms with Crippen molar-refractivity contribution in [1.82, 2.24) is 53.5 Å². The average molecular weight is 1070 g/mol. The van der Waals surface area contributed by atoms with Gasteiger partial charge in [-0.25, -0.2) is 4.98 Å². The summed E-state index contributed by atoms with van der Waals surface area (Å²) in [5.41, 5.74) is 15.1. The van der Waals surface area contributed by atoms with Gasteiger partial charge in [0.2, 0.25) is 29.5 Å². The van der Waals surface area contributed by atoms with Gasteiger partial charge in [-0.05, 0) is 98.9 Å². The average Bonchev–Trinajstić information content (AvgIpc) is 3.90. The Labute approximate surface area is 440 Å². The lowest BCUT2D eigenvalue weighted by atomic mass is 10.0. The molecule has 0 aliphatic carbocycles. The highest BCUT2D eigenvalue weighted by Gasteiger charge is 2.35. The molecule has 0 radical (unpaired) electrons. The van der Waals surface area contributed by atoms with Crippen LogP contribution in [0, 0.1) is 5.92 Å². The van der Waals surface area contributed by atoms with Gasteiger partial charge in [-0.2, -0.15) is 13.5 Å². The van der Waals surface area contributed by atoms with Crippen LogP contribution in [0.25, 0.3) is 0 Å². The van der Waals surface area contributed by atoms with Crippen molar-refractivity contribution < 1.29 is 51.3 Å². The van der Waals surface area contributed by atoms with E-state index in [-0.39, 0.29) is 77.7 Å². The summed E-state index contributed by atoms with van der Waals surface area (Å²) < 4.78 is 32.6. The summed E-state index contributed by atoms with van der Waals surface area (Å²) in [6.07, 6.45) is 4.81. The molecule has 76 heavy (non-hydrogen) atoms. The summed E-state index contributed by atoms with van der Waals surface area (Å²) in [7, 11) is -4.46. The highest BCUT2D eigenvalue weighted by Crippen LogP contribution is 2.18. The van der Waals surface area contributed by atoms with Crippen molar-refractivity contribution in [3.8, 4) is 0 Å².